The largest absolute Gasteiger partial charge is 0.383 e. The van der Waals surface area contributed by atoms with Gasteiger partial charge in [0.25, 0.3) is 5.56 Å². The Morgan fingerprint density at radius 2 is 1.96 bits per heavy atom. The average Bonchev–Trinajstić information content (AvgIpc) is 2.61. The Labute approximate surface area is 156 Å². The van der Waals surface area contributed by atoms with E-state index in [4.69, 9.17) is 10.5 Å². The maximum atomic E-state index is 12.2. The molecule has 0 spiro atoms. The van der Waals surface area contributed by atoms with Crippen LogP contribution in [0.2, 0.25) is 0 Å². The zero-order chi connectivity index (χ0) is 18.2. The molecule has 0 saturated carbocycles. The Balaban J connectivity index is 0.00000338. The summed E-state index contributed by atoms with van der Waals surface area (Å²) < 4.78 is 6.20. The summed E-state index contributed by atoms with van der Waals surface area (Å²) in [6.45, 7) is 0.461. The lowest BCUT2D eigenvalue weighted by molar-refractivity contribution is -0.114. The minimum Gasteiger partial charge on any atom is -0.383 e. The van der Waals surface area contributed by atoms with Crippen LogP contribution >= 0.6 is 12.4 Å². The monoisotopic (exact) mass is 383 g/mol. The van der Waals surface area contributed by atoms with Gasteiger partial charge in [0.05, 0.1) is 19.7 Å². The number of aromatic nitrogens is 2. The van der Waals surface area contributed by atoms with Crippen LogP contribution in [0.15, 0.2) is 39.9 Å². The van der Waals surface area contributed by atoms with Crippen molar-refractivity contribution >= 4 is 29.8 Å². The van der Waals surface area contributed by atoms with Gasteiger partial charge in [-0.3, -0.25) is 19.1 Å². The van der Waals surface area contributed by atoms with E-state index in [2.05, 4.69) is 15.6 Å². The highest BCUT2D eigenvalue weighted by Crippen LogP contribution is 2.16. The molecule has 9 nitrogen and oxygen atoms in total. The van der Waals surface area contributed by atoms with E-state index in [-0.39, 0.29) is 43.6 Å². The van der Waals surface area contributed by atoms with Crippen molar-refractivity contribution in [2.24, 2.45) is 5.73 Å². The van der Waals surface area contributed by atoms with Crippen LogP contribution in [0.3, 0.4) is 0 Å². The van der Waals surface area contributed by atoms with Gasteiger partial charge in [0.1, 0.15) is 11.5 Å². The van der Waals surface area contributed by atoms with Gasteiger partial charge in [-0.25, -0.2) is 4.79 Å². The molecule has 0 aliphatic heterocycles. The summed E-state index contributed by atoms with van der Waals surface area (Å²) in [5.74, 6) is -0.448. The van der Waals surface area contributed by atoms with Crippen LogP contribution in [0, 0.1) is 0 Å². The minimum atomic E-state index is -0.639. The normalized spacial score (nSPS) is 10.1. The van der Waals surface area contributed by atoms with E-state index in [1.165, 1.54) is 11.7 Å². The Hall–Kier alpha value is -2.62. The highest BCUT2D eigenvalue weighted by atomic mass is 35.5. The second-order valence-corrected chi connectivity index (χ2v) is 5.22. The summed E-state index contributed by atoms with van der Waals surface area (Å²) >= 11 is 0. The molecule has 0 aliphatic carbocycles. The summed E-state index contributed by atoms with van der Waals surface area (Å²) in [5.41, 5.74) is 5.09. The highest BCUT2D eigenvalue weighted by molar-refractivity contribution is 5.94. The Morgan fingerprint density at radius 1 is 1.27 bits per heavy atom. The molecule has 1 amide bonds. The number of aromatic amines is 1. The minimum absolute atomic E-state index is 0. The molecule has 1 aromatic heterocycles. The first-order valence-corrected chi connectivity index (χ1v) is 7.70. The number of carbonyl (C=O) groups excluding carboxylic acids is 1. The van der Waals surface area contributed by atoms with Gasteiger partial charge in [-0.2, -0.15) is 0 Å². The fraction of sp³-hybridized carbons (Fsp3) is 0.312. The Kier molecular flexibility index (Phi) is 8.56. The SMILES string of the molecule is COCCn1c(NC(=O)CN)c(NCc2ccccc2)c(=O)[nH]c1=O.Cl. The molecule has 0 fully saturated rings. The van der Waals surface area contributed by atoms with E-state index in [0.29, 0.717) is 6.54 Å². The molecule has 10 heteroatoms. The standard InChI is InChI=1S/C16H21N5O4.ClH/c1-25-8-7-21-14(19-12(22)9-17)13(15(23)20-16(21)24)18-10-11-5-3-2-4-6-11;/h2-6,18H,7-10,17H2,1H3,(H,19,22)(H,20,23,24);1H. The number of amides is 1. The summed E-state index contributed by atoms with van der Waals surface area (Å²) in [6, 6.07) is 9.41. The van der Waals surface area contributed by atoms with Crippen molar-refractivity contribution < 1.29 is 9.53 Å². The molecule has 0 bridgehead atoms. The number of ether oxygens (including phenoxy) is 1. The molecular formula is C16H22ClN5O4. The van der Waals surface area contributed by atoms with Gasteiger partial charge in [-0.1, -0.05) is 30.3 Å². The molecule has 0 unspecified atom stereocenters. The highest BCUT2D eigenvalue weighted by Gasteiger charge is 2.16. The van der Waals surface area contributed by atoms with Crippen molar-refractivity contribution in [1.82, 2.24) is 9.55 Å². The molecule has 2 aromatic rings. The van der Waals surface area contributed by atoms with Gasteiger partial charge >= 0.3 is 5.69 Å². The van der Waals surface area contributed by atoms with Crippen molar-refractivity contribution in [3.05, 3.63) is 56.7 Å². The lowest BCUT2D eigenvalue weighted by Gasteiger charge is -2.17. The van der Waals surface area contributed by atoms with Gasteiger partial charge in [0.15, 0.2) is 0 Å². The van der Waals surface area contributed by atoms with E-state index in [1.54, 1.807) is 0 Å². The first kappa shape index (κ1) is 21.4. The van der Waals surface area contributed by atoms with Crippen molar-refractivity contribution in [3.63, 3.8) is 0 Å². The van der Waals surface area contributed by atoms with Gasteiger partial charge in [0.2, 0.25) is 5.91 Å². The maximum absolute atomic E-state index is 12.2. The van der Waals surface area contributed by atoms with Gasteiger partial charge in [-0.05, 0) is 5.56 Å². The molecule has 0 aliphatic rings. The fourth-order valence-corrected chi connectivity index (χ4v) is 2.23. The molecule has 0 saturated heterocycles. The predicted molar refractivity (Wildman–Crippen MR) is 102 cm³/mol. The molecule has 2 rings (SSSR count). The molecule has 5 N–H and O–H groups in total. The quantitative estimate of drug-likeness (QED) is 0.512. The molecule has 1 aromatic carbocycles. The van der Waals surface area contributed by atoms with E-state index in [0.717, 1.165) is 5.56 Å². The zero-order valence-corrected chi connectivity index (χ0v) is 15.1. The van der Waals surface area contributed by atoms with Crippen molar-refractivity contribution in [2.45, 2.75) is 13.1 Å². The average molecular weight is 384 g/mol. The van der Waals surface area contributed by atoms with E-state index in [9.17, 15) is 14.4 Å². The lowest BCUT2D eigenvalue weighted by atomic mass is 10.2. The van der Waals surface area contributed by atoms with Gasteiger partial charge in [0, 0.05) is 13.7 Å². The third kappa shape index (κ3) is 5.45. The molecule has 1 heterocycles. The molecule has 142 valence electrons. The summed E-state index contributed by atoms with van der Waals surface area (Å²) in [4.78, 5) is 38.3. The lowest BCUT2D eigenvalue weighted by Crippen LogP contribution is -2.37. The van der Waals surface area contributed by atoms with Crippen LogP contribution in [-0.4, -0.2) is 35.7 Å². The molecular weight excluding hydrogens is 362 g/mol. The zero-order valence-electron chi connectivity index (χ0n) is 14.3. The summed E-state index contributed by atoms with van der Waals surface area (Å²) in [7, 11) is 1.49. The Morgan fingerprint density at radius 3 is 2.58 bits per heavy atom. The maximum Gasteiger partial charge on any atom is 0.330 e. The van der Waals surface area contributed by atoms with Crippen LogP contribution in [-0.2, 0) is 22.6 Å². The Bertz CT molecular complexity index is 835. The third-order valence-electron chi connectivity index (χ3n) is 3.47. The number of nitrogens with one attached hydrogen (secondary N) is 3. The van der Waals surface area contributed by atoms with Crippen LogP contribution in [0.5, 0.6) is 0 Å². The number of H-pyrrole nitrogens is 1. The van der Waals surface area contributed by atoms with Crippen LogP contribution < -0.4 is 27.6 Å². The second-order valence-electron chi connectivity index (χ2n) is 5.22. The van der Waals surface area contributed by atoms with Crippen molar-refractivity contribution in [1.29, 1.82) is 0 Å². The van der Waals surface area contributed by atoms with Crippen molar-refractivity contribution in [3.8, 4) is 0 Å². The molecule has 0 atom stereocenters. The second kappa shape index (κ2) is 10.4. The number of benzene rings is 1. The number of nitrogens with zero attached hydrogens (tertiary/aromatic N) is 1. The number of methoxy groups -OCH3 is 1. The molecule has 0 radical (unpaired) electrons. The third-order valence-corrected chi connectivity index (χ3v) is 3.47. The first-order chi connectivity index (χ1) is 12.1. The fourth-order valence-electron chi connectivity index (χ4n) is 2.23. The van der Waals surface area contributed by atoms with Crippen LogP contribution in [0.1, 0.15) is 5.56 Å². The predicted octanol–water partition coefficient (Wildman–Crippen LogP) is 0.114. The number of hydrogen-bond donors (Lipinski definition) is 4. The topological polar surface area (TPSA) is 131 Å². The number of carbonyl (C=O) groups is 1. The van der Waals surface area contributed by atoms with E-state index in [1.807, 2.05) is 30.3 Å². The van der Waals surface area contributed by atoms with E-state index >= 15 is 0 Å². The van der Waals surface area contributed by atoms with Crippen LogP contribution in [0.25, 0.3) is 0 Å². The number of hydrogen-bond acceptors (Lipinski definition) is 6. The smallest absolute Gasteiger partial charge is 0.330 e. The van der Waals surface area contributed by atoms with Gasteiger partial charge < -0.3 is 21.1 Å². The summed E-state index contributed by atoms with van der Waals surface area (Å²) in [6.07, 6.45) is 0. The molecule has 26 heavy (non-hydrogen) atoms. The van der Waals surface area contributed by atoms with Crippen LogP contribution in [0.4, 0.5) is 11.5 Å². The number of halogens is 1. The number of anilines is 2. The number of nitrogens with two attached hydrogens (primary N) is 1. The summed E-state index contributed by atoms with van der Waals surface area (Å²) in [5, 5.41) is 5.49. The van der Waals surface area contributed by atoms with Crippen molar-refractivity contribution in [2.75, 3.05) is 30.9 Å². The van der Waals surface area contributed by atoms with E-state index < -0.39 is 17.2 Å². The number of rotatable bonds is 8. The first-order valence-electron chi connectivity index (χ1n) is 7.70. The van der Waals surface area contributed by atoms with Gasteiger partial charge in [-0.15, -0.1) is 12.4 Å².